The Balaban J connectivity index is 2.08. The Labute approximate surface area is 129 Å². The summed E-state index contributed by atoms with van der Waals surface area (Å²) < 4.78 is 27.3. The fraction of sp³-hybridized carbons (Fsp3) is 0.357. The normalized spacial score (nSPS) is 13.0. The second kappa shape index (κ2) is 7.02. The van der Waals surface area contributed by atoms with E-state index in [1.807, 2.05) is 5.38 Å². The van der Waals surface area contributed by atoms with Crippen molar-refractivity contribution in [1.29, 1.82) is 0 Å². The molecule has 1 heterocycles. The first-order chi connectivity index (χ1) is 10.0. The Morgan fingerprint density at radius 3 is 2.57 bits per heavy atom. The van der Waals surface area contributed by atoms with Gasteiger partial charge in [-0.1, -0.05) is 6.92 Å². The van der Waals surface area contributed by atoms with Crippen molar-refractivity contribution in [3.05, 3.63) is 40.8 Å². The minimum absolute atomic E-state index is 0.257. The van der Waals surface area contributed by atoms with Gasteiger partial charge in [0, 0.05) is 23.8 Å². The highest BCUT2D eigenvalue weighted by Crippen LogP contribution is 2.19. The first kappa shape index (κ1) is 15.9. The summed E-state index contributed by atoms with van der Waals surface area (Å²) in [5, 5.41) is 5.79. The average Bonchev–Trinajstić information content (AvgIpc) is 2.99. The Morgan fingerprint density at radius 2 is 2.00 bits per heavy atom. The summed E-state index contributed by atoms with van der Waals surface area (Å²) in [7, 11) is -3.53. The molecule has 2 rings (SSSR count). The van der Waals surface area contributed by atoms with Crippen LogP contribution in [0.25, 0.3) is 0 Å². The number of hydrogen-bond acceptors (Lipinski definition) is 5. The predicted molar refractivity (Wildman–Crippen MR) is 86.1 cm³/mol. The lowest BCUT2D eigenvalue weighted by molar-refractivity contribution is 0.566. The molecule has 0 saturated carbocycles. The Morgan fingerprint density at radius 1 is 1.29 bits per heavy atom. The second-order valence-electron chi connectivity index (χ2n) is 4.66. The van der Waals surface area contributed by atoms with Crippen molar-refractivity contribution < 1.29 is 8.42 Å². The summed E-state index contributed by atoms with van der Waals surface area (Å²) >= 11 is 1.43. The number of anilines is 1. The zero-order valence-corrected chi connectivity index (χ0v) is 13.7. The summed E-state index contributed by atoms with van der Waals surface area (Å²) in [6.07, 6.45) is 2.69. The van der Waals surface area contributed by atoms with Crippen LogP contribution in [-0.4, -0.2) is 19.9 Å². The van der Waals surface area contributed by atoms with Crippen molar-refractivity contribution in [2.24, 2.45) is 0 Å². The lowest BCUT2D eigenvalue weighted by atomic mass is 10.3. The van der Waals surface area contributed by atoms with Crippen LogP contribution in [0.15, 0.2) is 40.7 Å². The Bertz CT molecular complexity index is 652. The number of nitrogens with one attached hydrogen (secondary N) is 2. The van der Waals surface area contributed by atoms with E-state index >= 15 is 0 Å². The summed E-state index contributed by atoms with van der Waals surface area (Å²) in [6.45, 7) is 4.73. The standard InChI is InChI=1S/C14H19N3O2S2/c1-3-8-15-12-4-6-13(7-5-12)21(18,19)17-11(2)14-16-9-10-20-14/h4-7,9-11,15,17H,3,8H2,1-2H3. The lowest BCUT2D eigenvalue weighted by Crippen LogP contribution is -2.26. The molecule has 1 aromatic carbocycles. The van der Waals surface area contributed by atoms with Crippen LogP contribution in [0.2, 0.25) is 0 Å². The molecule has 0 amide bonds. The summed E-state index contributed by atoms with van der Waals surface area (Å²) in [6, 6.07) is 6.42. The molecule has 2 N–H and O–H groups in total. The van der Waals surface area contributed by atoms with Crippen LogP contribution in [0, 0.1) is 0 Å². The Kier molecular flexibility index (Phi) is 5.33. The van der Waals surface area contributed by atoms with Crippen LogP contribution in [0.4, 0.5) is 5.69 Å². The van der Waals surface area contributed by atoms with Gasteiger partial charge in [-0.05, 0) is 37.6 Å². The molecule has 0 radical (unpaired) electrons. The molecule has 2 aromatic rings. The van der Waals surface area contributed by atoms with Crippen molar-refractivity contribution in [3.8, 4) is 0 Å². The van der Waals surface area contributed by atoms with E-state index < -0.39 is 10.0 Å². The van der Waals surface area contributed by atoms with Crippen LogP contribution < -0.4 is 10.0 Å². The molecule has 1 atom stereocenters. The maximum Gasteiger partial charge on any atom is 0.241 e. The molecular weight excluding hydrogens is 306 g/mol. The van der Waals surface area contributed by atoms with Gasteiger partial charge >= 0.3 is 0 Å². The van der Waals surface area contributed by atoms with Gasteiger partial charge in [0.25, 0.3) is 0 Å². The number of hydrogen-bond donors (Lipinski definition) is 2. The molecule has 1 aromatic heterocycles. The lowest BCUT2D eigenvalue weighted by Gasteiger charge is -2.12. The molecular formula is C14H19N3O2S2. The third-order valence-corrected chi connectivity index (χ3v) is 5.41. The summed E-state index contributed by atoms with van der Waals surface area (Å²) in [5.74, 6) is 0. The summed E-state index contributed by atoms with van der Waals surface area (Å²) in [4.78, 5) is 4.38. The fourth-order valence-corrected chi connectivity index (χ4v) is 3.75. The predicted octanol–water partition coefficient (Wildman–Crippen LogP) is 3.00. The minimum atomic E-state index is -3.53. The zero-order valence-electron chi connectivity index (χ0n) is 12.0. The number of aromatic nitrogens is 1. The smallest absolute Gasteiger partial charge is 0.241 e. The quantitative estimate of drug-likeness (QED) is 0.821. The van der Waals surface area contributed by atoms with E-state index in [9.17, 15) is 8.42 Å². The third kappa shape index (κ3) is 4.26. The number of rotatable bonds is 7. The van der Waals surface area contributed by atoms with Crippen LogP contribution in [0.1, 0.15) is 31.3 Å². The molecule has 0 spiro atoms. The number of nitrogens with zero attached hydrogens (tertiary/aromatic N) is 1. The molecule has 114 valence electrons. The maximum atomic E-state index is 12.3. The molecule has 21 heavy (non-hydrogen) atoms. The van der Waals surface area contributed by atoms with E-state index in [-0.39, 0.29) is 10.9 Å². The van der Waals surface area contributed by atoms with Crippen molar-refractivity contribution in [2.75, 3.05) is 11.9 Å². The van der Waals surface area contributed by atoms with E-state index in [4.69, 9.17) is 0 Å². The SMILES string of the molecule is CCCNc1ccc(S(=O)(=O)NC(C)c2nccs2)cc1. The van der Waals surface area contributed by atoms with E-state index in [2.05, 4.69) is 21.9 Å². The van der Waals surface area contributed by atoms with Gasteiger partial charge in [-0.15, -0.1) is 11.3 Å². The topological polar surface area (TPSA) is 71.1 Å². The maximum absolute atomic E-state index is 12.3. The van der Waals surface area contributed by atoms with Crippen molar-refractivity contribution in [1.82, 2.24) is 9.71 Å². The van der Waals surface area contributed by atoms with Crippen LogP contribution in [-0.2, 0) is 10.0 Å². The highest BCUT2D eigenvalue weighted by molar-refractivity contribution is 7.89. The summed E-state index contributed by atoms with van der Waals surface area (Å²) in [5.41, 5.74) is 0.920. The fourth-order valence-electron chi connectivity index (χ4n) is 1.82. The number of thiazole rings is 1. The molecule has 0 bridgehead atoms. The molecule has 0 aliphatic heterocycles. The molecule has 0 fully saturated rings. The first-order valence-electron chi connectivity index (χ1n) is 6.78. The minimum Gasteiger partial charge on any atom is -0.385 e. The monoisotopic (exact) mass is 325 g/mol. The largest absolute Gasteiger partial charge is 0.385 e. The van der Waals surface area contributed by atoms with Gasteiger partial charge in [0.1, 0.15) is 5.01 Å². The van der Waals surface area contributed by atoms with Crippen LogP contribution in [0.3, 0.4) is 0 Å². The van der Waals surface area contributed by atoms with Crippen molar-refractivity contribution in [3.63, 3.8) is 0 Å². The van der Waals surface area contributed by atoms with Gasteiger partial charge in [0.2, 0.25) is 10.0 Å². The Hall–Kier alpha value is -1.44. The van der Waals surface area contributed by atoms with Gasteiger partial charge in [-0.3, -0.25) is 0 Å². The van der Waals surface area contributed by atoms with Crippen LogP contribution in [0.5, 0.6) is 0 Å². The molecule has 7 heteroatoms. The number of benzene rings is 1. The molecule has 0 saturated heterocycles. The first-order valence-corrected chi connectivity index (χ1v) is 9.15. The number of sulfonamides is 1. The molecule has 0 aliphatic rings. The van der Waals surface area contributed by atoms with Gasteiger partial charge < -0.3 is 5.32 Å². The van der Waals surface area contributed by atoms with Crippen LogP contribution >= 0.6 is 11.3 Å². The van der Waals surface area contributed by atoms with Crippen molar-refractivity contribution >= 4 is 27.0 Å². The van der Waals surface area contributed by atoms with E-state index in [1.54, 1.807) is 37.4 Å². The van der Waals surface area contributed by atoms with E-state index in [0.717, 1.165) is 23.7 Å². The van der Waals surface area contributed by atoms with Crippen molar-refractivity contribution in [2.45, 2.75) is 31.2 Å². The van der Waals surface area contributed by atoms with Gasteiger partial charge in [-0.25, -0.2) is 18.1 Å². The average molecular weight is 325 g/mol. The molecule has 5 nitrogen and oxygen atoms in total. The van der Waals surface area contributed by atoms with E-state index in [0.29, 0.717) is 0 Å². The highest BCUT2D eigenvalue weighted by Gasteiger charge is 2.19. The van der Waals surface area contributed by atoms with Gasteiger partial charge in [0.05, 0.1) is 10.9 Å². The zero-order chi connectivity index (χ0) is 15.3. The molecule has 0 aliphatic carbocycles. The highest BCUT2D eigenvalue weighted by atomic mass is 32.2. The molecule has 1 unspecified atom stereocenters. The third-order valence-electron chi connectivity index (χ3n) is 2.90. The van der Waals surface area contributed by atoms with E-state index in [1.165, 1.54) is 11.3 Å². The van der Waals surface area contributed by atoms with Gasteiger partial charge in [-0.2, -0.15) is 0 Å². The second-order valence-corrected chi connectivity index (χ2v) is 7.30. The van der Waals surface area contributed by atoms with Gasteiger partial charge in [0.15, 0.2) is 0 Å².